The summed E-state index contributed by atoms with van der Waals surface area (Å²) in [5.74, 6) is 28.9. The summed E-state index contributed by atoms with van der Waals surface area (Å²) in [6.45, 7) is 36.9. The van der Waals surface area contributed by atoms with Gasteiger partial charge in [-0.15, -0.1) is 19.7 Å². The maximum Gasteiger partial charge on any atom is -0.0233 e. The van der Waals surface area contributed by atoms with Crippen molar-refractivity contribution in [3.05, 3.63) is 86.6 Å². The molecule has 14 rings (SSSR count). The predicted octanol–water partition coefficient (Wildman–Crippen LogP) is 42.6. The van der Waals surface area contributed by atoms with Crippen LogP contribution in [0, 0.1) is 166 Å². The van der Waals surface area contributed by atoms with Crippen LogP contribution in [0.3, 0.4) is 0 Å². The van der Waals surface area contributed by atoms with Gasteiger partial charge in [0.2, 0.25) is 0 Å². The summed E-state index contributed by atoms with van der Waals surface area (Å²) >= 11 is 0. The molecule has 0 aromatic rings. The molecule has 14 aliphatic carbocycles. The van der Waals surface area contributed by atoms with E-state index in [0.717, 1.165) is 166 Å². The lowest BCUT2D eigenvalue weighted by Crippen LogP contribution is -2.25. The van der Waals surface area contributed by atoms with Gasteiger partial charge in [-0.1, -0.05) is 327 Å². The molecule has 14 aliphatic rings. The fraction of sp³-hybridized carbons (Fsp3) is 0.891. The Hall–Kier alpha value is -1.82. The lowest BCUT2D eigenvalue weighted by Gasteiger charge is -2.38. The monoisotopic (exact) mass is 1770 g/mol. The number of allylic oxidation sites excluding steroid dienone is 11. The van der Waals surface area contributed by atoms with Crippen LogP contribution < -0.4 is 0 Å². The molecule has 0 saturated heterocycles. The lowest BCUT2D eigenvalue weighted by molar-refractivity contribution is 0.141. The van der Waals surface area contributed by atoms with E-state index in [-0.39, 0.29) is 0 Å². The van der Waals surface area contributed by atoms with Crippen LogP contribution in [0.2, 0.25) is 0 Å². The first kappa shape index (κ1) is 111. The van der Waals surface area contributed by atoms with Gasteiger partial charge in [0, 0.05) is 0 Å². The third-order valence-corrected chi connectivity index (χ3v) is 39.9. The van der Waals surface area contributed by atoms with Gasteiger partial charge in [-0.25, -0.2) is 0 Å². The SMILES string of the molecule is C/C=C/C1CCC(C2CCC(CC)CC2)CC1.C/C=C/C1CCC(C2CCC(CCC)CC2)CC1.C/C=C/C1CCC(C2CCC(CCCC)CC2)CC1.C/C=C/CCC1CCC(C2CCC(CCC)CC2)CC1.C=CC1CCC(C2CCC(CCC)CC2)CC1.C=CC1CCC(C2CCC(CCCC)CC2)CC1.C=CC1CCC(C2CCC(CCCCC)CC2)CC1. The van der Waals surface area contributed by atoms with Crippen LogP contribution in [0.15, 0.2) is 86.6 Å². The molecule has 0 bridgehead atoms. The van der Waals surface area contributed by atoms with Gasteiger partial charge in [-0.3, -0.25) is 0 Å². The first-order valence-electron chi connectivity index (χ1n) is 60.2. The minimum atomic E-state index is 0.835. The van der Waals surface area contributed by atoms with Crippen molar-refractivity contribution in [2.75, 3.05) is 0 Å². The Labute approximate surface area is 804 Å². The predicted molar refractivity (Wildman–Crippen MR) is 574 cm³/mol. The Kier molecular flexibility index (Phi) is 59.4. The van der Waals surface area contributed by atoms with Crippen LogP contribution in [-0.2, 0) is 0 Å². The second-order valence-corrected chi connectivity index (χ2v) is 48.3. The fourth-order valence-electron chi connectivity index (χ4n) is 30.9. The second-order valence-electron chi connectivity index (χ2n) is 48.3. The first-order chi connectivity index (χ1) is 62.8. The zero-order valence-corrected chi connectivity index (χ0v) is 88.7. The minimum absolute atomic E-state index is 0.835. The molecule has 0 unspecified atom stereocenters. The Morgan fingerprint density at radius 1 is 0.172 bits per heavy atom. The van der Waals surface area contributed by atoms with Gasteiger partial charge >= 0.3 is 0 Å². The Bertz CT molecular complexity index is 2710. The van der Waals surface area contributed by atoms with Gasteiger partial charge in [-0.2, -0.15) is 0 Å². The third kappa shape index (κ3) is 42.7. The molecule has 0 aromatic heterocycles. The molecule has 14 saturated carbocycles. The zero-order chi connectivity index (χ0) is 91.0. The molecule has 0 atom stereocenters. The minimum Gasteiger partial charge on any atom is -0.103 e. The highest BCUT2D eigenvalue weighted by Gasteiger charge is 2.38. The third-order valence-electron chi connectivity index (χ3n) is 39.9. The van der Waals surface area contributed by atoms with Crippen molar-refractivity contribution in [3.8, 4) is 0 Å². The second kappa shape index (κ2) is 68.2. The fourth-order valence-corrected chi connectivity index (χ4v) is 30.9. The summed E-state index contributed by atoms with van der Waals surface area (Å²) in [5.41, 5.74) is 0. The molecule has 0 nitrogen and oxygen atoms in total. The smallest absolute Gasteiger partial charge is 0.0233 e. The summed E-state index contributed by atoms with van der Waals surface area (Å²) < 4.78 is 0. The van der Waals surface area contributed by atoms with Crippen LogP contribution in [0.4, 0.5) is 0 Å². The molecule has 128 heavy (non-hydrogen) atoms. The van der Waals surface area contributed by atoms with Crippen LogP contribution >= 0.6 is 0 Å². The van der Waals surface area contributed by atoms with E-state index in [1.54, 1.807) is 89.9 Å². The van der Waals surface area contributed by atoms with E-state index >= 15 is 0 Å². The normalized spacial score (nSPS) is 37.4. The Morgan fingerprint density at radius 2 is 0.352 bits per heavy atom. The van der Waals surface area contributed by atoms with Crippen LogP contribution in [0.5, 0.6) is 0 Å². The van der Waals surface area contributed by atoms with Crippen molar-refractivity contribution < 1.29 is 0 Å². The quantitative estimate of drug-likeness (QED) is 0.0454. The average molecular weight is 1770 g/mol. The maximum absolute atomic E-state index is 3.97. The van der Waals surface area contributed by atoms with Gasteiger partial charge in [0.05, 0.1) is 0 Å². The van der Waals surface area contributed by atoms with Crippen molar-refractivity contribution in [1.29, 1.82) is 0 Å². The van der Waals surface area contributed by atoms with Crippen molar-refractivity contribution in [2.24, 2.45) is 166 Å². The van der Waals surface area contributed by atoms with E-state index in [1.165, 1.54) is 392 Å². The van der Waals surface area contributed by atoms with E-state index < -0.39 is 0 Å². The highest BCUT2D eigenvalue weighted by Crippen LogP contribution is 2.51. The van der Waals surface area contributed by atoms with Crippen LogP contribution in [0.25, 0.3) is 0 Å². The van der Waals surface area contributed by atoms with Gasteiger partial charge in [-0.05, 0) is 463 Å². The van der Waals surface area contributed by atoms with E-state index in [1.807, 2.05) is 0 Å². The Morgan fingerprint density at radius 3 is 0.531 bits per heavy atom. The topological polar surface area (TPSA) is 0 Å². The van der Waals surface area contributed by atoms with Crippen molar-refractivity contribution >= 4 is 0 Å². The molecule has 0 aromatic carbocycles. The maximum atomic E-state index is 3.97. The van der Waals surface area contributed by atoms with E-state index in [0.29, 0.717) is 0 Å². The first-order valence-corrected chi connectivity index (χ1v) is 60.2. The molecule has 0 heteroatoms. The summed E-state index contributed by atoms with van der Waals surface area (Å²) in [7, 11) is 0. The summed E-state index contributed by atoms with van der Waals surface area (Å²) in [4.78, 5) is 0. The molecule has 0 aliphatic heterocycles. The van der Waals surface area contributed by atoms with Crippen LogP contribution in [-0.4, -0.2) is 0 Å². The molecule has 0 radical (unpaired) electrons. The average Bonchev–Trinajstić information content (AvgIpc) is 0.883. The Balaban J connectivity index is 0.000000185. The highest BCUT2D eigenvalue weighted by atomic mass is 14.4. The molecular formula is C128H228. The number of rotatable bonds is 33. The molecule has 14 fully saturated rings. The molecular weight excluding hydrogens is 1540 g/mol. The molecule has 0 spiro atoms. The largest absolute Gasteiger partial charge is 0.103 e. The highest BCUT2D eigenvalue weighted by molar-refractivity contribution is 4.97. The van der Waals surface area contributed by atoms with Crippen molar-refractivity contribution in [3.63, 3.8) is 0 Å². The molecule has 0 amide bonds. The molecule has 0 N–H and O–H groups in total. The van der Waals surface area contributed by atoms with Gasteiger partial charge < -0.3 is 0 Å². The standard InChI is InChI=1S/C20H36.2C19H34.2C18H32.2C17H30/c1-3-5-6-8-18-11-15-20(16-12-18)19-13-9-17(7-4-2)10-14-19;1-3-5-6-7-17-10-14-19(15-11-17)18-12-8-16(4-2)9-13-18;1-3-5-7-17-10-14-19(15-11-17)18-12-8-16(6-4-2)9-13-18;1-3-5-6-16-9-13-18(14-10-16)17-11-7-15(4-2)8-12-17;1-3-5-15-7-11-17(12-8-15)18-13-9-16(6-4-2)10-14-18;2*1-3-5-15-8-12-17(13-9-15)16-10-6-14(4-2)7-11-16/h3,5,17-20H,4,6-16H2,1-2H3;4,16-19H,2-3,5-15H2,1H3;4,6,16-19H,3,5,7-15H2,1-2H3;4,15-18H,2-3,5-14H2,1H3;3,5,15-18H,4,6-14H2,1-2H3;3,5,14-17H,4,6-13H2,1-2H3;4,14-17H,2-3,5-13H2,1H3/b5-3+;;6-4+;;2*5-3+;. The van der Waals surface area contributed by atoms with Crippen molar-refractivity contribution in [2.45, 2.75) is 558 Å². The number of hydrogen-bond donors (Lipinski definition) is 0. The van der Waals surface area contributed by atoms with Crippen molar-refractivity contribution in [1.82, 2.24) is 0 Å². The molecule has 740 valence electrons. The van der Waals surface area contributed by atoms with Gasteiger partial charge in [0.25, 0.3) is 0 Å². The molecule has 0 heterocycles. The number of unbranched alkanes of at least 4 members (excludes halogenated alkanes) is 4. The van der Waals surface area contributed by atoms with E-state index in [4.69, 9.17) is 0 Å². The van der Waals surface area contributed by atoms with Gasteiger partial charge in [0.15, 0.2) is 0 Å². The summed E-state index contributed by atoms with van der Waals surface area (Å²) in [6.07, 6.45) is 137. The van der Waals surface area contributed by atoms with Gasteiger partial charge in [0.1, 0.15) is 0 Å². The number of hydrogen-bond acceptors (Lipinski definition) is 0. The van der Waals surface area contributed by atoms with E-state index in [2.05, 4.69) is 163 Å². The lowest BCUT2D eigenvalue weighted by atomic mass is 9.68. The summed E-state index contributed by atoms with van der Waals surface area (Å²) in [5, 5.41) is 0. The zero-order valence-electron chi connectivity index (χ0n) is 88.7. The van der Waals surface area contributed by atoms with E-state index in [9.17, 15) is 0 Å². The summed E-state index contributed by atoms with van der Waals surface area (Å²) in [6, 6.07) is 0. The van der Waals surface area contributed by atoms with Crippen LogP contribution in [0.1, 0.15) is 558 Å².